The lowest BCUT2D eigenvalue weighted by Gasteiger charge is -2.29. The normalized spacial score (nSPS) is 10.9. The number of thiophene rings is 1. The lowest BCUT2D eigenvalue weighted by Crippen LogP contribution is -2.44. The number of carbonyl (C=O) groups is 2. The van der Waals surface area contributed by atoms with E-state index in [4.69, 9.17) is 23.2 Å². The summed E-state index contributed by atoms with van der Waals surface area (Å²) < 4.78 is 0. The van der Waals surface area contributed by atoms with Crippen LogP contribution in [0.2, 0.25) is 10.0 Å². The molecule has 0 aliphatic carbocycles. The van der Waals surface area contributed by atoms with Gasteiger partial charge in [-0.3, -0.25) is 9.59 Å². The van der Waals surface area contributed by atoms with Crippen molar-refractivity contribution < 1.29 is 9.59 Å². The molecule has 0 spiro atoms. The highest BCUT2D eigenvalue weighted by Gasteiger charge is 2.25. The molecular weight excluding hydrogens is 463 g/mol. The summed E-state index contributed by atoms with van der Waals surface area (Å²) in [6, 6.07) is 18.6. The third-order valence-electron chi connectivity index (χ3n) is 4.86. The van der Waals surface area contributed by atoms with E-state index in [0.717, 1.165) is 10.4 Å². The summed E-state index contributed by atoms with van der Waals surface area (Å²) in [6.45, 7) is 5.43. The Morgan fingerprint density at radius 1 is 0.938 bits per heavy atom. The Hall–Kier alpha value is -2.34. The molecule has 0 radical (unpaired) electrons. The van der Waals surface area contributed by atoms with E-state index in [9.17, 15) is 9.59 Å². The van der Waals surface area contributed by atoms with Gasteiger partial charge >= 0.3 is 0 Å². The van der Waals surface area contributed by atoms with E-state index in [1.807, 2.05) is 61.7 Å². The van der Waals surface area contributed by atoms with Crippen LogP contribution in [0.5, 0.6) is 0 Å². The van der Waals surface area contributed by atoms with Gasteiger partial charge in [0.1, 0.15) is 6.54 Å². The van der Waals surface area contributed by atoms with Gasteiger partial charge in [-0.05, 0) is 41.1 Å². The first-order valence-corrected chi connectivity index (χ1v) is 12.1. The number of nitrogens with zero attached hydrogens (tertiary/aromatic N) is 2. The molecule has 1 aromatic heterocycles. The molecule has 0 N–H and O–H groups in total. The van der Waals surface area contributed by atoms with Crippen molar-refractivity contribution in [3.8, 4) is 0 Å². The largest absolute Gasteiger partial charge is 0.332 e. The van der Waals surface area contributed by atoms with E-state index in [2.05, 4.69) is 0 Å². The third kappa shape index (κ3) is 6.83. The molecule has 2 aromatic carbocycles. The van der Waals surface area contributed by atoms with Gasteiger partial charge in [0.2, 0.25) is 5.91 Å². The van der Waals surface area contributed by atoms with Crippen LogP contribution in [0.3, 0.4) is 0 Å². The molecule has 1 heterocycles. The van der Waals surface area contributed by atoms with Gasteiger partial charge in [-0.25, -0.2) is 0 Å². The topological polar surface area (TPSA) is 40.6 Å². The molecule has 168 valence electrons. The van der Waals surface area contributed by atoms with Crippen molar-refractivity contribution >= 4 is 46.4 Å². The van der Waals surface area contributed by atoms with Gasteiger partial charge in [-0.1, -0.05) is 73.4 Å². The lowest BCUT2D eigenvalue weighted by molar-refractivity contribution is -0.133. The fraction of sp³-hybridized carbons (Fsp3) is 0.280. The summed E-state index contributed by atoms with van der Waals surface area (Å²) in [7, 11) is 0. The molecule has 0 aliphatic heterocycles. The molecule has 3 rings (SSSR count). The molecule has 0 bridgehead atoms. The van der Waals surface area contributed by atoms with Gasteiger partial charge < -0.3 is 9.80 Å². The van der Waals surface area contributed by atoms with Crippen molar-refractivity contribution in [3.05, 3.63) is 92.1 Å². The molecule has 0 unspecified atom stereocenters. The molecule has 0 saturated carbocycles. The smallest absolute Gasteiger partial charge is 0.255 e. The number of hydrogen-bond acceptors (Lipinski definition) is 3. The maximum Gasteiger partial charge on any atom is 0.255 e. The molecule has 2 amide bonds. The Bertz CT molecular complexity index is 1040. The Morgan fingerprint density at radius 2 is 1.69 bits per heavy atom. The van der Waals surface area contributed by atoms with Gasteiger partial charge in [0.25, 0.3) is 5.91 Å². The number of carbonyl (C=O) groups excluding carboxylic acids is 2. The van der Waals surface area contributed by atoms with Crippen LogP contribution in [0.1, 0.15) is 34.6 Å². The summed E-state index contributed by atoms with van der Waals surface area (Å²) >= 11 is 13.9. The van der Waals surface area contributed by atoms with E-state index in [1.54, 1.807) is 39.3 Å². The van der Waals surface area contributed by atoms with E-state index >= 15 is 0 Å². The highest BCUT2D eigenvalue weighted by Crippen LogP contribution is 2.23. The van der Waals surface area contributed by atoms with E-state index in [1.165, 1.54) is 0 Å². The summed E-state index contributed by atoms with van der Waals surface area (Å²) in [5, 5.41) is 2.74. The van der Waals surface area contributed by atoms with Gasteiger partial charge in [-0.15, -0.1) is 11.3 Å². The van der Waals surface area contributed by atoms with Crippen LogP contribution in [0.4, 0.5) is 0 Å². The van der Waals surface area contributed by atoms with Crippen molar-refractivity contribution in [3.63, 3.8) is 0 Å². The number of amides is 2. The second kappa shape index (κ2) is 11.5. The minimum Gasteiger partial charge on any atom is -0.332 e. The van der Waals surface area contributed by atoms with E-state index < -0.39 is 0 Å². The molecule has 7 heteroatoms. The number of rotatable bonds is 9. The minimum atomic E-state index is -0.274. The summed E-state index contributed by atoms with van der Waals surface area (Å²) in [4.78, 5) is 31.2. The minimum absolute atomic E-state index is 0.0197. The zero-order chi connectivity index (χ0) is 23.1. The van der Waals surface area contributed by atoms with Gasteiger partial charge in [0, 0.05) is 23.0 Å². The van der Waals surface area contributed by atoms with Crippen molar-refractivity contribution in [2.24, 2.45) is 5.92 Å². The van der Waals surface area contributed by atoms with E-state index in [-0.39, 0.29) is 29.3 Å². The van der Waals surface area contributed by atoms with Crippen molar-refractivity contribution in [2.75, 3.05) is 13.1 Å². The van der Waals surface area contributed by atoms with Crippen LogP contribution in [0.15, 0.2) is 66.0 Å². The Balaban J connectivity index is 1.82. The van der Waals surface area contributed by atoms with Crippen LogP contribution >= 0.6 is 34.5 Å². The lowest BCUT2D eigenvalue weighted by atomic mass is 10.1. The summed E-state index contributed by atoms with van der Waals surface area (Å²) in [6.07, 6.45) is 0. The van der Waals surface area contributed by atoms with Crippen LogP contribution in [-0.2, 0) is 17.9 Å². The van der Waals surface area contributed by atoms with Crippen molar-refractivity contribution in [2.45, 2.75) is 26.9 Å². The average molecular weight is 489 g/mol. The molecule has 0 fully saturated rings. The van der Waals surface area contributed by atoms with Crippen LogP contribution < -0.4 is 0 Å². The number of hydrogen-bond donors (Lipinski definition) is 0. The van der Waals surface area contributed by atoms with Crippen LogP contribution in [-0.4, -0.2) is 34.7 Å². The summed E-state index contributed by atoms with van der Waals surface area (Å²) in [5.74, 6) is -0.191. The highest BCUT2D eigenvalue weighted by molar-refractivity contribution is 7.09. The molecule has 0 atom stereocenters. The third-order valence-corrected chi connectivity index (χ3v) is 6.27. The Morgan fingerprint density at radius 3 is 2.31 bits per heavy atom. The maximum absolute atomic E-state index is 13.4. The molecule has 32 heavy (non-hydrogen) atoms. The number of benzene rings is 2. The zero-order valence-corrected chi connectivity index (χ0v) is 20.5. The average Bonchev–Trinajstić information content (AvgIpc) is 3.26. The Kier molecular flexibility index (Phi) is 8.74. The second-order valence-electron chi connectivity index (χ2n) is 8.02. The van der Waals surface area contributed by atoms with E-state index in [0.29, 0.717) is 30.2 Å². The standard InChI is InChI=1S/C25H26Cl2N2O2S/c1-18(2)14-29(25(31)22-11-10-20(26)13-23(22)27)17-24(30)28(16-21-9-6-12-32-21)15-19-7-4-3-5-8-19/h3-13,18H,14-17H2,1-2H3. The quantitative estimate of drug-likeness (QED) is 0.350. The fourth-order valence-electron chi connectivity index (χ4n) is 3.38. The van der Waals surface area contributed by atoms with Crippen LogP contribution in [0.25, 0.3) is 0 Å². The predicted molar refractivity (Wildman–Crippen MR) is 132 cm³/mol. The van der Waals surface area contributed by atoms with Gasteiger partial charge in [-0.2, -0.15) is 0 Å². The van der Waals surface area contributed by atoms with Crippen molar-refractivity contribution in [1.82, 2.24) is 9.80 Å². The predicted octanol–water partition coefficient (Wildman–Crippen LogP) is 6.38. The molecule has 3 aromatic rings. The van der Waals surface area contributed by atoms with Crippen LogP contribution in [0, 0.1) is 5.92 Å². The second-order valence-corrected chi connectivity index (χ2v) is 9.89. The maximum atomic E-state index is 13.4. The zero-order valence-electron chi connectivity index (χ0n) is 18.1. The SMILES string of the molecule is CC(C)CN(CC(=O)N(Cc1ccccc1)Cc1cccs1)C(=O)c1ccc(Cl)cc1Cl. The monoisotopic (exact) mass is 488 g/mol. The Labute approximate surface area is 203 Å². The summed E-state index contributed by atoms with van der Waals surface area (Å²) in [5.41, 5.74) is 1.39. The van der Waals surface area contributed by atoms with Gasteiger partial charge in [0.15, 0.2) is 0 Å². The number of halogens is 2. The fourth-order valence-corrected chi connectivity index (χ4v) is 4.59. The first-order chi connectivity index (χ1) is 15.3. The first kappa shape index (κ1) is 24.3. The molecular formula is C25H26Cl2N2O2S. The molecule has 4 nitrogen and oxygen atoms in total. The molecule has 0 aliphatic rings. The van der Waals surface area contributed by atoms with Crippen molar-refractivity contribution in [1.29, 1.82) is 0 Å². The van der Waals surface area contributed by atoms with Gasteiger partial charge in [0.05, 0.1) is 17.1 Å². The highest BCUT2D eigenvalue weighted by atomic mass is 35.5. The first-order valence-electron chi connectivity index (χ1n) is 10.4. The molecule has 0 saturated heterocycles.